The second-order valence-electron chi connectivity index (χ2n) is 4.84. The molecule has 0 unspecified atom stereocenters. The third-order valence-electron chi connectivity index (χ3n) is 3.12. The number of amides is 3. The van der Waals surface area contributed by atoms with Crippen LogP contribution < -0.4 is 10.6 Å². The number of hydrogen-bond acceptors (Lipinski definition) is 5. The van der Waals surface area contributed by atoms with Gasteiger partial charge >= 0.3 is 12.2 Å². The van der Waals surface area contributed by atoms with Crippen LogP contribution in [0, 0.1) is 0 Å². The van der Waals surface area contributed by atoms with Gasteiger partial charge in [-0.15, -0.1) is 10.2 Å². The van der Waals surface area contributed by atoms with Gasteiger partial charge in [0, 0.05) is 14.1 Å². The third kappa shape index (κ3) is 4.50. The number of urea groups is 1. The lowest BCUT2D eigenvalue weighted by Crippen LogP contribution is -2.39. The molecular formula is C14H14F3N5O2S. The molecule has 0 radical (unpaired) electrons. The number of hydrogen-bond donors (Lipinski definition) is 2. The molecule has 1 aromatic heterocycles. The highest BCUT2D eigenvalue weighted by molar-refractivity contribution is 8.00. The molecule has 11 heteroatoms. The predicted molar refractivity (Wildman–Crippen MR) is 83.6 cm³/mol. The standard InChI is InChI=1S/C14H14F3N5O2S/c1-18-12(24)19-10(23)9(8-6-4-3-5-7-8)25-13-21-20-11(22(13)2)14(15,16)17/h3-7,9H,1-2H3,(H2,18,19,23,24)/t9-/m1/s1. The molecule has 1 aromatic carbocycles. The smallest absolute Gasteiger partial charge is 0.341 e. The highest BCUT2D eigenvalue weighted by Gasteiger charge is 2.38. The van der Waals surface area contributed by atoms with E-state index in [1.807, 2.05) is 0 Å². The van der Waals surface area contributed by atoms with Crippen molar-refractivity contribution in [3.05, 3.63) is 41.7 Å². The molecule has 2 N–H and O–H groups in total. The molecule has 0 aliphatic heterocycles. The highest BCUT2D eigenvalue weighted by atomic mass is 32.2. The fourth-order valence-electron chi connectivity index (χ4n) is 1.91. The minimum Gasteiger partial charge on any atom is -0.341 e. The van der Waals surface area contributed by atoms with Crippen LogP contribution in [-0.4, -0.2) is 33.8 Å². The summed E-state index contributed by atoms with van der Waals surface area (Å²) in [5.74, 6) is -1.86. The number of thioether (sulfide) groups is 1. The number of aromatic nitrogens is 3. The maximum absolute atomic E-state index is 12.8. The van der Waals surface area contributed by atoms with Gasteiger partial charge in [-0.3, -0.25) is 10.1 Å². The molecule has 0 saturated carbocycles. The van der Waals surface area contributed by atoms with Gasteiger partial charge in [-0.05, 0) is 5.56 Å². The topological polar surface area (TPSA) is 88.9 Å². The van der Waals surface area contributed by atoms with Crippen LogP contribution in [0.15, 0.2) is 35.5 Å². The van der Waals surface area contributed by atoms with Gasteiger partial charge in [0.15, 0.2) is 5.16 Å². The van der Waals surface area contributed by atoms with Crippen molar-refractivity contribution in [2.75, 3.05) is 7.05 Å². The van der Waals surface area contributed by atoms with Crippen molar-refractivity contribution in [2.24, 2.45) is 7.05 Å². The van der Waals surface area contributed by atoms with E-state index in [2.05, 4.69) is 20.8 Å². The minimum absolute atomic E-state index is 0.103. The Balaban J connectivity index is 2.33. The normalized spacial score (nSPS) is 12.5. The van der Waals surface area contributed by atoms with E-state index in [4.69, 9.17) is 0 Å². The Hall–Kier alpha value is -2.56. The molecule has 7 nitrogen and oxygen atoms in total. The zero-order chi connectivity index (χ0) is 18.6. The van der Waals surface area contributed by atoms with Gasteiger partial charge < -0.3 is 9.88 Å². The van der Waals surface area contributed by atoms with Crippen molar-refractivity contribution in [2.45, 2.75) is 16.6 Å². The van der Waals surface area contributed by atoms with Crippen molar-refractivity contribution in [3.63, 3.8) is 0 Å². The van der Waals surface area contributed by atoms with Gasteiger partial charge in [0.25, 0.3) is 0 Å². The molecule has 0 fully saturated rings. The van der Waals surface area contributed by atoms with E-state index in [0.717, 1.165) is 23.4 Å². The SMILES string of the molecule is CNC(=O)NC(=O)[C@H](Sc1nnc(C(F)(F)F)n1C)c1ccccc1. The van der Waals surface area contributed by atoms with Crippen LogP contribution in [0.3, 0.4) is 0 Å². The number of alkyl halides is 3. The molecule has 3 amide bonds. The van der Waals surface area contributed by atoms with E-state index < -0.39 is 29.2 Å². The molecular weight excluding hydrogens is 359 g/mol. The lowest BCUT2D eigenvalue weighted by molar-refractivity contribution is -0.147. The van der Waals surface area contributed by atoms with Crippen LogP contribution >= 0.6 is 11.8 Å². The van der Waals surface area contributed by atoms with E-state index in [1.54, 1.807) is 30.3 Å². The van der Waals surface area contributed by atoms with Crippen LogP contribution in [-0.2, 0) is 18.0 Å². The fraction of sp³-hybridized carbons (Fsp3) is 0.286. The second kappa shape index (κ2) is 7.55. The van der Waals surface area contributed by atoms with Crippen LogP contribution in [0.5, 0.6) is 0 Å². The third-order valence-corrected chi connectivity index (χ3v) is 4.40. The fourth-order valence-corrected chi connectivity index (χ4v) is 2.91. The van der Waals surface area contributed by atoms with Crippen LogP contribution in [0.2, 0.25) is 0 Å². The molecule has 1 heterocycles. The molecule has 0 spiro atoms. The maximum Gasteiger partial charge on any atom is 0.451 e. The lowest BCUT2D eigenvalue weighted by atomic mass is 10.1. The average Bonchev–Trinajstić information content (AvgIpc) is 2.94. The van der Waals surface area contributed by atoms with E-state index >= 15 is 0 Å². The van der Waals surface area contributed by atoms with Gasteiger partial charge in [0.2, 0.25) is 11.7 Å². The first-order valence-corrected chi connectivity index (χ1v) is 7.82. The first kappa shape index (κ1) is 18.8. The average molecular weight is 373 g/mol. The minimum atomic E-state index is -4.66. The Kier molecular flexibility index (Phi) is 5.67. The molecule has 25 heavy (non-hydrogen) atoms. The summed E-state index contributed by atoms with van der Waals surface area (Å²) in [5, 5.41) is 9.90. The number of nitrogens with one attached hydrogen (secondary N) is 2. The van der Waals surface area contributed by atoms with Crippen molar-refractivity contribution in [1.29, 1.82) is 0 Å². The zero-order valence-electron chi connectivity index (χ0n) is 13.2. The first-order valence-electron chi connectivity index (χ1n) is 6.94. The largest absolute Gasteiger partial charge is 0.451 e. The summed E-state index contributed by atoms with van der Waals surface area (Å²) in [6.07, 6.45) is -4.66. The lowest BCUT2D eigenvalue weighted by Gasteiger charge is -2.16. The quantitative estimate of drug-likeness (QED) is 0.802. The Morgan fingerprint density at radius 3 is 2.36 bits per heavy atom. The number of benzene rings is 1. The molecule has 0 aliphatic rings. The summed E-state index contributed by atoms with van der Waals surface area (Å²) >= 11 is 0.763. The number of nitrogens with zero attached hydrogens (tertiary/aromatic N) is 3. The molecule has 134 valence electrons. The Bertz CT molecular complexity index is 764. The number of carbonyl (C=O) groups excluding carboxylic acids is 2. The molecule has 0 saturated heterocycles. The monoisotopic (exact) mass is 373 g/mol. The second-order valence-corrected chi connectivity index (χ2v) is 5.91. The Labute approximate surface area is 145 Å². The molecule has 2 rings (SSSR count). The summed E-state index contributed by atoms with van der Waals surface area (Å²) in [6, 6.07) is 7.61. The summed E-state index contributed by atoms with van der Waals surface area (Å²) < 4.78 is 39.3. The van der Waals surface area contributed by atoms with Crippen molar-refractivity contribution in [1.82, 2.24) is 25.4 Å². The van der Waals surface area contributed by atoms with Crippen molar-refractivity contribution in [3.8, 4) is 0 Å². The van der Waals surface area contributed by atoms with Gasteiger partial charge in [0.05, 0.1) is 0 Å². The number of carbonyl (C=O) groups is 2. The van der Waals surface area contributed by atoms with Crippen LogP contribution in [0.4, 0.5) is 18.0 Å². The Morgan fingerprint density at radius 2 is 1.84 bits per heavy atom. The molecule has 0 aliphatic carbocycles. The number of halogens is 3. The van der Waals surface area contributed by atoms with Crippen molar-refractivity contribution >= 4 is 23.7 Å². The summed E-state index contributed by atoms with van der Waals surface area (Å²) in [4.78, 5) is 23.7. The van der Waals surface area contributed by atoms with E-state index in [9.17, 15) is 22.8 Å². The predicted octanol–water partition coefficient (Wildman–Crippen LogP) is 2.12. The molecule has 1 atom stereocenters. The van der Waals surface area contributed by atoms with Crippen LogP contribution in [0.25, 0.3) is 0 Å². The first-order chi connectivity index (χ1) is 11.7. The summed E-state index contributed by atoms with van der Waals surface area (Å²) in [5.41, 5.74) is 0.505. The van der Waals surface area contributed by atoms with Gasteiger partial charge in [0.1, 0.15) is 5.25 Å². The summed E-state index contributed by atoms with van der Waals surface area (Å²) in [6.45, 7) is 0. The highest BCUT2D eigenvalue weighted by Crippen LogP contribution is 2.36. The number of imide groups is 1. The van der Waals surface area contributed by atoms with E-state index in [-0.39, 0.29) is 5.16 Å². The van der Waals surface area contributed by atoms with Gasteiger partial charge in [-0.2, -0.15) is 13.2 Å². The van der Waals surface area contributed by atoms with E-state index in [0.29, 0.717) is 5.56 Å². The Morgan fingerprint density at radius 1 is 1.20 bits per heavy atom. The summed E-state index contributed by atoms with van der Waals surface area (Å²) in [7, 11) is 2.50. The number of rotatable bonds is 4. The molecule has 0 bridgehead atoms. The van der Waals surface area contributed by atoms with Gasteiger partial charge in [-0.1, -0.05) is 42.1 Å². The van der Waals surface area contributed by atoms with Gasteiger partial charge in [-0.25, -0.2) is 4.79 Å². The van der Waals surface area contributed by atoms with E-state index in [1.165, 1.54) is 7.05 Å². The maximum atomic E-state index is 12.8. The zero-order valence-corrected chi connectivity index (χ0v) is 14.0. The molecule has 2 aromatic rings. The van der Waals surface area contributed by atoms with Crippen molar-refractivity contribution < 1.29 is 22.8 Å². The van der Waals surface area contributed by atoms with Crippen LogP contribution in [0.1, 0.15) is 16.6 Å².